The lowest BCUT2D eigenvalue weighted by atomic mass is 10.3. The fraction of sp³-hybridized carbons (Fsp3) is 0.385. The van der Waals surface area contributed by atoms with Crippen molar-refractivity contribution in [2.75, 3.05) is 23.4 Å². The molecule has 0 aromatic heterocycles. The summed E-state index contributed by atoms with van der Waals surface area (Å²) in [5.41, 5.74) is 6.35. The number of nitrogens with two attached hydrogens (primary N) is 1. The Bertz CT molecular complexity index is 471. The number of thioether (sulfide) groups is 1. The number of halogens is 1. The maximum Gasteiger partial charge on any atom is 0.323 e. The number of hydrogen-bond acceptors (Lipinski definition) is 5. The number of carbonyl (C=O) groups is 2. The zero-order valence-electron chi connectivity index (χ0n) is 11.1. The summed E-state index contributed by atoms with van der Waals surface area (Å²) in [7, 11) is 0. The van der Waals surface area contributed by atoms with Crippen LogP contribution in [-0.2, 0) is 14.3 Å². The predicted molar refractivity (Wildman–Crippen MR) is 84.7 cm³/mol. The molecule has 1 amide bonds. The molecule has 0 saturated carbocycles. The van der Waals surface area contributed by atoms with Gasteiger partial charge in [0.15, 0.2) is 0 Å². The van der Waals surface area contributed by atoms with Gasteiger partial charge in [0, 0.05) is 10.2 Å². The van der Waals surface area contributed by atoms with Gasteiger partial charge in [0.2, 0.25) is 5.91 Å². The van der Waals surface area contributed by atoms with Gasteiger partial charge in [-0.05, 0) is 35.0 Å². The summed E-state index contributed by atoms with van der Waals surface area (Å²) in [6.07, 6.45) is 0. The van der Waals surface area contributed by atoms with Crippen molar-refractivity contribution in [2.24, 2.45) is 5.73 Å². The first-order valence-electron chi connectivity index (χ1n) is 6.09. The molecular formula is C13H17BrN2O3S. The number of anilines is 1. The normalized spacial score (nSPS) is 11.8. The van der Waals surface area contributed by atoms with E-state index in [0.29, 0.717) is 18.0 Å². The van der Waals surface area contributed by atoms with Crippen molar-refractivity contribution >= 4 is 45.3 Å². The van der Waals surface area contributed by atoms with Crippen LogP contribution in [0.3, 0.4) is 0 Å². The summed E-state index contributed by atoms with van der Waals surface area (Å²) in [6, 6.07) is 6.66. The van der Waals surface area contributed by atoms with Crippen LogP contribution >= 0.6 is 27.7 Å². The zero-order valence-corrected chi connectivity index (χ0v) is 13.5. The third-order valence-corrected chi connectivity index (χ3v) is 4.02. The van der Waals surface area contributed by atoms with Gasteiger partial charge in [-0.15, -0.1) is 11.8 Å². The lowest BCUT2D eigenvalue weighted by Crippen LogP contribution is -2.35. The molecule has 1 aromatic carbocycles. The van der Waals surface area contributed by atoms with Crippen molar-refractivity contribution in [3.05, 3.63) is 28.7 Å². The Morgan fingerprint density at radius 3 is 2.80 bits per heavy atom. The van der Waals surface area contributed by atoms with Gasteiger partial charge in [0.05, 0.1) is 18.0 Å². The first-order chi connectivity index (χ1) is 9.54. The minimum absolute atomic E-state index is 0.141. The molecule has 5 nitrogen and oxygen atoms in total. The molecule has 1 rings (SSSR count). The molecule has 0 aliphatic rings. The first kappa shape index (κ1) is 17.0. The second-order valence-corrected chi connectivity index (χ2v) is 5.79. The Labute approximate surface area is 130 Å². The molecular weight excluding hydrogens is 344 g/mol. The fourth-order valence-corrected chi connectivity index (χ4v) is 2.49. The van der Waals surface area contributed by atoms with Crippen LogP contribution in [0.2, 0.25) is 0 Å². The first-order valence-corrected chi connectivity index (χ1v) is 8.03. The van der Waals surface area contributed by atoms with Gasteiger partial charge in [0.25, 0.3) is 0 Å². The highest BCUT2D eigenvalue weighted by molar-refractivity contribution is 9.10. The molecule has 3 N–H and O–H groups in total. The van der Waals surface area contributed by atoms with Crippen LogP contribution < -0.4 is 11.1 Å². The molecule has 1 aromatic rings. The van der Waals surface area contributed by atoms with E-state index >= 15 is 0 Å². The smallest absolute Gasteiger partial charge is 0.323 e. The predicted octanol–water partition coefficient (Wildman–Crippen LogP) is 2.01. The summed E-state index contributed by atoms with van der Waals surface area (Å²) in [6.45, 7) is 2.03. The van der Waals surface area contributed by atoms with E-state index in [9.17, 15) is 9.59 Å². The summed E-state index contributed by atoms with van der Waals surface area (Å²) in [5, 5.41) is 2.77. The third-order valence-electron chi connectivity index (χ3n) is 2.27. The maximum atomic E-state index is 11.7. The number of nitrogens with one attached hydrogen (secondary N) is 1. The minimum atomic E-state index is -0.698. The molecule has 0 aliphatic heterocycles. The highest BCUT2D eigenvalue weighted by Crippen LogP contribution is 2.21. The van der Waals surface area contributed by atoms with Crippen LogP contribution in [0.15, 0.2) is 28.7 Å². The summed E-state index contributed by atoms with van der Waals surface area (Å²) in [4.78, 5) is 23.0. The molecule has 7 heteroatoms. The molecule has 0 saturated heterocycles. The average Bonchev–Trinajstić information content (AvgIpc) is 2.41. The topological polar surface area (TPSA) is 81.4 Å². The van der Waals surface area contributed by atoms with Crippen molar-refractivity contribution in [3.8, 4) is 0 Å². The summed E-state index contributed by atoms with van der Waals surface area (Å²) in [5.74, 6) is 0.000540. The molecule has 1 atom stereocenters. The molecule has 0 radical (unpaired) electrons. The van der Waals surface area contributed by atoms with E-state index in [2.05, 4.69) is 21.2 Å². The van der Waals surface area contributed by atoms with Gasteiger partial charge in [-0.1, -0.05) is 12.1 Å². The standard InChI is InChI=1S/C13H17BrN2O3S/c1-2-19-13(18)10(15)7-20-8-12(17)16-11-6-4-3-5-9(11)14/h3-6,10H,2,7-8,15H2,1H3,(H,16,17). The van der Waals surface area contributed by atoms with Gasteiger partial charge in [-0.2, -0.15) is 0 Å². The van der Waals surface area contributed by atoms with Crippen LogP contribution in [-0.4, -0.2) is 36.0 Å². The van der Waals surface area contributed by atoms with Gasteiger partial charge < -0.3 is 15.8 Å². The van der Waals surface area contributed by atoms with Crippen molar-refractivity contribution in [2.45, 2.75) is 13.0 Å². The molecule has 1 unspecified atom stereocenters. The summed E-state index contributed by atoms with van der Waals surface area (Å²) < 4.78 is 5.61. The number of amides is 1. The Balaban J connectivity index is 2.30. The van der Waals surface area contributed by atoms with Crippen LogP contribution in [0.5, 0.6) is 0 Å². The van der Waals surface area contributed by atoms with Crippen molar-refractivity contribution in [3.63, 3.8) is 0 Å². The van der Waals surface area contributed by atoms with E-state index in [-0.39, 0.29) is 11.7 Å². The Morgan fingerprint density at radius 1 is 1.45 bits per heavy atom. The fourth-order valence-electron chi connectivity index (χ4n) is 1.34. The molecule has 0 aliphatic carbocycles. The quantitative estimate of drug-likeness (QED) is 0.726. The molecule has 0 fully saturated rings. The second-order valence-electron chi connectivity index (χ2n) is 3.90. The summed E-state index contributed by atoms with van der Waals surface area (Å²) >= 11 is 4.65. The number of hydrogen-bond donors (Lipinski definition) is 2. The van der Waals surface area contributed by atoms with Gasteiger partial charge in [-0.25, -0.2) is 0 Å². The second kappa shape index (κ2) is 8.99. The molecule has 0 heterocycles. The number of para-hydroxylation sites is 1. The average molecular weight is 361 g/mol. The third kappa shape index (κ3) is 5.94. The largest absolute Gasteiger partial charge is 0.465 e. The van der Waals surface area contributed by atoms with Crippen LogP contribution in [0, 0.1) is 0 Å². The molecule has 20 heavy (non-hydrogen) atoms. The van der Waals surface area contributed by atoms with Gasteiger partial charge >= 0.3 is 5.97 Å². The van der Waals surface area contributed by atoms with Crippen molar-refractivity contribution in [1.29, 1.82) is 0 Å². The number of esters is 1. The van der Waals surface area contributed by atoms with E-state index in [4.69, 9.17) is 10.5 Å². The van der Waals surface area contributed by atoms with E-state index in [1.807, 2.05) is 18.2 Å². The number of benzene rings is 1. The van der Waals surface area contributed by atoms with Crippen LogP contribution in [0.1, 0.15) is 6.92 Å². The molecule has 0 spiro atoms. The Morgan fingerprint density at radius 2 is 2.15 bits per heavy atom. The van der Waals surface area contributed by atoms with E-state index in [1.165, 1.54) is 11.8 Å². The lowest BCUT2D eigenvalue weighted by molar-refractivity contribution is -0.144. The van der Waals surface area contributed by atoms with Crippen molar-refractivity contribution in [1.82, 2.24) is 0 Å². The Kier molecular flexibility index (Phi) is 7.64. The van der Waals surface area contributed by atoms with E-state index < -0.39 is 12.0 Å². The minimum Gasteiger partial charge on any atom is -0.465 e. The van der Waals surface area contributed by atoms with Crippen LogP contribution in [0.25, 0.3) is 0 Å². The lowest BCUT2D eigenvalue weighted by Gasteiger charge is -2.10. The maximum absolute atomic E-state index is 11.7. The number of ether oxygens (including phenoxy) is 1. The zero-order chi connectivity index (χ0) is 15.0. The van der Waals surface area contributed by atoms with Gasteiger partial charge in [0.1, 0.15) is 6.04 Å². The van der Waals surface area contributed by atoms with Gasteiger partial charge in [-0.3, -0.25) is 9.59 Å². The highest BCUT2D eigenvalue weighted by atomic mass is 79.9. The van der Waals surface area contributed by atoms with Crippen molar-refractivity contribution < 1.29 is 14.3 Å². The van der Waals surface area contributed by atoms with E-state index in [1.54, 1.807) is 13.0 Å². The number of carbonyl (C=O) groups excluding carboxylic acids is 2. The highest BCUT2D eigenvalue weighted by Gasteiger charge is 2.15. The number of rotatable bonds is 7. The SMILES string of the molecule is CCOC(=O)C(N)CSCC(=O)Nc1ccccc1Br. The molecule has 0 bridgehead atoms. The van der Waals surface area contributed by atoms with Crippen LogP contribution in [0.4, 0.5) is 5.69 Å². The molecule has 110 valence electrons. The monoisotopic (exact) mass is 360 g/mol. The Hall–Kier alpha value is -1.05. The van der Waals surface area contributed by atoms with E-state index in [0.717, 1.165) is 4.47 Å².